The molecule has 1 aromatic carbocycles. The molecule has 0 atom stereocenters. The summed E-state index contributed by atoms with van der Waals surface area (Å²) in [6, 6.07) is 9.44. The number of aromatic amines is 1. The van der Waals surface area contributed by atoms with Crippen LogP contribution in [0.3, 0.4) is 0 Å². The molecule has 0 aliphatic heterocycles. The predicted molar refractivity (Wildman–Crippen MR) is 81.0 cm³/mol. The van der Waals surface area contributed by atoms with E-state index >= 15 is 0 Å². The van der Waals surface area contributed by atoms with Crippen molar-refractivity contribution in [2.75, 3.05) is 12.3 Å². The van der Waals surface area contributed by atoms with E-state index in [-0.39, 0.29) is 5.97 Å². The number of hydrogen-bond donors (Lipinski definition) is 2. The Balaban J connectivity index is 1.69. The van der Waals surface area contributed by atoms with Crippen LogP contribution < -0.4 is 5.73 Å². The largest absolute Gasteiger partial charge is 0.462 e. The molecule has 0 unspecified atom stereocenters. The molecule has 0 radical (unpaired) electrons. The minimum atomic E-state index is -0.308. The van der Waals surface area contributed by atoms with E-state index in [1.54, 1.807) is 29.7 Å². The Morgan fingerprint density at radius 2 is 2.25 bits per heavy atom. The fourth-order valence-corrected chi connectivity index (χ4v) is 2.78. The molecule has 0 bridgehead atoms. The van der Waals surface area contributed by atoms with Gasteiger partial charge in [-0.2, -0.15) is 0 Å². The van der Waals surface area contributed by atoms with Gasteiger partial charge in [0.2, 0.25) is 0 Å². The molecule has 0 fully saturated rings. The summed E-state index contributed by atoms with van der Waals surface area (Å²) in [4.78, 5) is 16.3. The van der Waals surface area contributed by atoms with Crippen LogP contribution in [0.1, 0.15) is 15.2 Å². The second-order valence-electron chi connectivity index (χ2n) is 4.47. The van der Waals surface area contributed by atoms with Crippen LogP contribution in [-0.2, 0) is 11.2 Å². The number of rotatable bonds is 4. The van der Waals surface area contributed by atoms with E-state index in [4.69, 9.17) is 10.5 Å². The Morgan fingerprint density at radius 3 is 3.05 bits per heavy atom. The molecule has 2 heterocycles. The Morgan fingerprint density at radius 1 is 1.35 bits per heavy atom. The average Bonchev–Trinajstić information content (AvgIpc) is 3.07. The number of H-pyrrole nitrogens is 1. The van der Waals surface area contributed by atoms with Gasteiger partial charge in [-0.15, -0.1) is 11.3 Å². The van der Waals surface area contributed by atoms with Gasteiger partial charge >= 0.3 is 5.97 Å². The van der Waals surface area contributed by atoms with E-state index in [2.05, 4.69) is 4.98 Å². The van der Waals surface area contributed by atoms with Crippen molar-refractivity contribution in [3.63, 3.8) is 0 Å². The Kier molecular flexibility index (Phi) is 3.43. The van der Waals surface area contributed by atoms with E-state index in [0.717, 1.165) is 17.3 Å². The number of aromatic nitrogens is 1. The highest BCUT2D eigenvalue weighted by Gasteiger charge is 2.13. The molecular formula is C15H14N2O2S. The first-order valence-corrected chi connectivity index (χ1v) is 7.18. The van der Waals surface area contributed by atoms with Crippen LogP contribution in [0.2, 0.25) is 0 Å². The summed E-state index contributed by atoms with van der Waals surface area (Å²) >= 11 is 1.66. The molecule has 0 saturated carbocycles. The van der Waals surface area contributed by atoms with Crippen molar-refractivity contribution in [1.82, 2.24) is 4.98 Å². The van der Waals surface area contributed by atoms with Crippen molar-refractivity contribution in [2.45, 2.75) is 6.42 Å². The van der Waals surface area contributed by atoms with Crippen LogP contribution in [0, 0.1) is 0 Å². The van der Waals surface area contributed by atoms with Crippen LogP contribution in [0.5, 0.6) is 0 Å². The number of carbonyl (C=O) groups is 1. The van der Waals surface area contributed by atoms with E-state index in [9.17, 15) is 4.79 Å². The number of esters is 1. The highest BCUT2D eigenvalue weighted by Crippen LogP contribution is 2.21. The molecule has 3 rings (SSSR count). The second-order valence-corrected chi connectivity index (χ2v) is 5.50. The lowest BCUT2D eigenvalue weighted by Crippen LogP contribution is -2.07. The highest BCUT2D eigenvalue weighted by molar-refractivity contribution is 7.09. The molecule has 0 saturated heterocycles. The van der Waals surface area contributed by atoms with Gasteiger partial charge in [0, 0.05) is 34.1 Å². The molecule has 0 aliphatic carbocycles. The number of hydrogen-bond acceptors (Lipinski definition) is 4. The van der Waals surface area contributed by atoms with E-state index in [1.165, 1.54) is 4.88 Å². The molecule has 0 spiro atoms. The monoisotopic (exact) mass is 286 g/mol. The maximum atomic E-state index is 12.1. The lowest BCUT2D eigenvalue weighted by molar-refractivity contribution is 0.0512. The molecule has 4 nitrogen and oxygen atoms in total. The van der Waals surface area contributed by atoms with Crippen LogP contribution >= 0.6 is 11.3 Å². The van der Waals surface area contributed by atoms with Crippen molar-refractivity contribution < 1.29 is 9.53 Å². The molecule has 0 aliphatic rings. The molecule has 3 aromatic rings. The minimum absolute atomic E-state index is 0.308. The van der Waals surface area contributed by atoms with E-state index in [1.807, 2.05) is 23.6 Å². The first-order chi connectivity index (χ1) is 9.74. The normalized spacial score (nSPS) is 10.8. The van der Waals surface area contributed by atoms with Gasteiger partial charge in [0.25, 0.3) is 0 Å². The Hall–Kier alpha value is -2.27. The fraction of sp³-hybridized carbons (Fsp3) is 0.133. The summed E-state index contributed by atoms with van der Waals surface area (Å²) in [6.07, 6.45) is 2.41. The van der Waals surface area contributed by atoms with Gasteiger partial charge in [0.15, 0.2) is 0 Å². The van der Waals surface area contributed by atoms with Crippen molar-refractivity contribution in [3.05, 3.63) is 52.3 Å². The summed E-state index contributed by atoms with van der Waals surface area (Å²) in [5.41, 5.74) is 7.76. The third-order valence-corrected chi connectivity index (χ3v) is 4.02. The average molecular weight is 286 g/mol. The molecule has 5 heteroatoms. The number of benzene rings is 1. The zero-order valence-corrected chi connectivity index (χ0v) is 11.6. The number of thiophene rings is 1. The summed E-state index contributed by atoms with van der Waals surface area (Å²) in [5.74, 6) is -0.308. The standard InChI is InChI=1S/C15H14N2O2S/c16-10-3-4-12-13(9-17-14(12)8-10)15(18)19-6-5-11-2-1-7-20-11/h1-4,7-9,17H,5-6,16H2. The minimum Gasteiger partial charge on any atom is -0.462 e. The van der Waals surface area contributed by atoms with Crippen molar-refractivity contribution in [1.29, 1.82) is 0 Å². The van der Waals surface area contributed by atoms with Crippen molar-refractivity contribution in [2.24, 2.45) is 0 Å². The quantitative estimate of drug-likeness (QED) is 0.571. The van der Waals surface area contributed by atoms with E-state index in [0.29, 0.717) is 17.9 Å². The molecular weight excluding hydrogens is 272 g/mol. The molecule has 102 valence electrons. The van der Waals surface area contributed by atoms with Gasteiger partial charge in [-0.1, -0.05) is 6.07 Å². The number of ether oxygens (including phenoxy) is 1. The number of carbonyl (C=O) groups excluding carboxylic acids is 1. The maximum absolute atomic E-state index is 12.1. The highest BCUT2D eigenvalue weighted by atomic mass is 32.1. The zero-order valence-electron chi connectivity index (χ0n) is 10.8. The molecule has 0 amide bonds. The van der Waals surface area contributed by atoms with Crippen LogP contribution in [0.25, 0.3) is 10.9 Å². The van der Waals surface area contributed by atoms with E-state index < -0.39 is 0 Å². The predicted octanol–water partition coefficient (Wildman–Crippen LogP) is 3.21. The van der Waals surface area contributed by atoms with Crippen LogP contribution in [-0.4, -0.2) is 17.6 Å². The van der Waals surface area contributed by atoms with Gasteiger partial charge in [-0.25, -0.2) is 4.79 Å². The summed E-state index contributed by atoms with van der Waals surface area (Å²) in [7, 11) is 0. The number of nitrogens with one attached hydrogen (secondary N) is 1. The second kappa shape index (κ2) is 5.38. The summed E-state index contributed by atoms with van der Waals surface area (Å²) in [6.45, 7) is 0.390. The number of fused-ring (bicyclic) bond motifs is 1. The SMILES string of the molecule is Nc1ccc2c(C(=O)OCCc3cccs3)c[nH]c2c1. The molecule has 20 heavy (non-hydrogen) atoms. The fourth-order valence-electron chi connectivity index (χ4n) is 2.09. The lowest BCUT2D eigenvalue weighted by Gasteiger charge is -2.03. The van der Waals surface area contributed by atoms with Gasteiger partial charge in [-0.3, -0.25) is 0 Å². The topological polar surface area (TPSA) is 68.1 Å². The van der Waals surface area contributed by atoms with Crippen LogP contribution in [0.4, 0.5) is 5.69 Å². The number of nitrogen functional groups attached to an aromatic ring is 1. The van der Waals surface area contributed by atoms with Crippen LogP contribution in [0.15, 0.2) is 41.9 Å². The van der Waals surface area contributed by atoms with Gasteiger partial charge < -0.3 is 15.5 Å². The first kappa shape index (κ1) is 12.7. The number of nitrogens with two attached hydrogens (primary N) is 1. The Labute approximate surface area is 120 Å². The Bertz CT molecular complexity index is 732. The van der Waals surface area contributed by atoms with Gasteiger partial charge in [0.1, 0.15) is 0 Å². The molecule has 2 aromatic heterocycles. The zero-order chi connectivity index (χ0) is 13.9. The maximum Gasteiger partial charge on any atom is 0.340 e. The van der Waals surface area contributed by atoms with Crippen molar-refractivity contribution >= 4 is 33.9 Å². The third kappa shape index (κ3) is 2.53. The lowest BCUT2D eigenvalue weighted by atomic mass is 10.1. The number of anilines is 1. The molecule has 3 N–H and O–H groups in total. The van der Waals surface area contributed by atoms with Crippen molar-refractivity contribution in [3.8, 4) is 0 Å². The first-order valence-electron chi connectivity index (χ1n) is 6.30. The van der Waals surface area contributed by atoms with Gasteiger partial charge in [0.05, 0.1) is 12.2 Å². The third-order valence-electron chi connectivity index (χ3n) is 3.09. The smallest absolute Gasteiger partial charge is 0.340 e. The van der Waals surface area contributed by atoms with Gasteiger partial charge in [-0.05, 0) is 29.6 Å². The summed E-state index contributed by atoms with van der Waals surface area (Å²) in [5, 5.41) is 2.85. The summed E-state index contributed by atoms with van der Waals surface area (Å²) < 4.78 is 5.31.